The fourth-order valence-corrected chi connectivity index (χ4v) is 4.61. The number of anilines is 2. The molecule has 32 heavy (non-hydrogen) atoms. The molecule has 1 fully saturated rings. The Morgan fingerprint density at radius 3 is 2.31 bits per heavy atom. The van der Waals surface area contributed by atoms with Crippen LogP contribution in [0.15, 0.2) is 48.5 Å². The first-order valence-corrected chi connectivity index (χ1v) is 11.5. The van der Waals surface area contributed by atoms with Gasteiger partial charge in [-0.1, -0.05) is 12.1 Å². The molecule has 7 nitrogen and oxygen atoms in total. The van der Waals surface area contributed by atoms with Gasteiger partial charge in [0.1, 0.15) is 11.5 Å². The van der Waals surface area contributed by atoms with Gasteiger partial charge in [0, 0.05) is 37.6 Å². The lowest BCUT2D eigenvalue weighted by Gasteiger charge is -2.35. The van der Waals surface area contributed by atoms with Crippen LogP contribution < -0.4 is 15.0 Å². The number of alkyl halides is 3. The van der Waals surface area contributed by atoms with Gasteiger partial charge in [0.2, 0.25) is 15.9 Å². The van der Waals surface area contributed by atoms with Crippen LogP contribution in [0.5, 0.6) is 5.75 Å². The quantitative estimate of drug-likeness (QED) is 0.672. The standard InChI is InChI=1S/C21H24F3N3O4S/c1-16-3-2-4-18(13-16)26-9-11-27(12-10-26)32(29,30)14-20(28)25-17-5-7-19(8-6-17)31-15-21(22,23)24/h2-8,13H,9-12,14-15H2,1H3,(H,25,28). The molecule has 1 aliphatic heterocycles. The number of amides is 1. The van der Waals surface area contributed by atoms with Gasteiger partial charge in [-0.2, -0.15) is 17.5 Å². The normalized spacial score (nSPS) is 15.4. The van der Waals surface area contributed by atoms with Crippen LogP contribution >= 0.6 is 0 Å². The molecule has 11 heteroatoms. The number of carbonyl (C=O) groups excluding carboxylic acids is 1. The van der Waals surface area contributed by atoms with E-state index in [1.54, 1.807) is 0 Å². The lowest BCUT2D eigenvalue weighted by molar-refractivity contribution is -0.153. The minimum absolute atomic E-state index is 0.0144. The van der Waals surface area contributed by atoms with Crippen molar-refractivity contribution in [3.05, 3.63) is 54.1 Å². The van der Waals surface area contributed by atoms with E-state index in [2.05, 4.69) is 15.0 Å². The summed E-state index contributed by atoms with van der Waals surface area (Å²) in [6.07, 6.45) is -4.45. The van der Waals surface area contributed by atoms with Crippen LogP contribution in [0.3, 0.4) is 0 Å². The summed E-state index contributed by atoms with van der Waals surface area (Å²) in [6, 6.07) is 13.2. The van der Waals surface area contributed by atoms with Crippen molar-refractivity contribution in [2.45, 2.75) is 13.1 Å². The topological polar surface area (TPSA) is 79.0 Å². The Bertz CT molecular complexity index is 1040. The summed E-state index contributed by atoms with van der Waals surface area (Å²) in [5.41, 5.74) is 2.41. The lowest BCUT2D eigenvalue weighted by atomic mass is 10.2. The highest BCUT2D eigenvalue weighted by atomic mass is 32.2. The average molecular weight is 472 g/mol. The number of hydrogen-bond donors (Lipinski definition) is 1. The average Bonchev–Trinajstić information content (AvgIpc) is 2.72. The summed E-state index contributed by atoms with van der Waals surface area (Å²) in [7, 11) is -3.80. The molecule has 2 aromatic rings. The first-order valence-electron chi connectivity index (χ1n) is 9.91. The highest BCUT2D eigenvalue weighted by molar-refractivity contribution is 7.89. The van der Waals surface area contributed by atoms with Gasteiger partial charge in [-0.25, -0.2) is 8.42 Å². The number of nitrogens with zero attached hydrogens (tertiary/aromatic N) is 2. The molecule has 1 N–H and O–H groups in total. The fraction of sp³-hybridized carbons (Fsp3) is 0.381. The maximum Gasteiger partial charge on any atom is 0.422 e. The van der Waals surface area contributed by atoms with Gasteiger partial charge in [-0.15, -0.1) is 0 Å². The maximum absolute atomic E-state index is 12.6. The van der Waals surface area contributed by atoms with Crippen molar-refractivity contribution in [3.8, 4) is 5.75 Å². The van der Waals surface area contributed by atoms with Crippen molar-refractivity contribution in [2.24, 2.45) is 0 Å². The smallest absolute Gasteiger partial charge is 0.422 e. The molecule has 1 aliphatic rings. The molecule has 0 aliphatic carbocycles. The molecule has 0 radical (unpaired) electrons. The van der Waals surface area contributed by atoms with Crippen LogP contribution in [-0.4, -0.2) is 63.3 Å². The Balaban J connectivity index is 1.50. The van der Waals surface area contributed by atoms with Gasteiger partial charge in [0.05, 0.1) is 0 Å². The summed E-state index contributed by atoms with van der Waals surface area (Å²) < 4.78 is 67.7. The highest BCUT2D eigenvalue weighted by Crippen LogP contribution is 2.21. The van der Waals surface area contributed by atoms with E-state index in [4.69, 9.17) is 0 Å². The molecule has 1 saturated heterocycles. The van der Waals surface area contributed by atoms with Crippen LogP contribution in [0.2, 0.25) is 0 Å². The molecule has 0 atom stereocenters. The third-order valence-electron chi connectivity index (χ3n) is 4.85. The molecule has 1 heterocycles. The van der Waals surface area contributed by atoms with Gasteiger partial charge < -0.3 is 15.0 Å². The van der Waals surface area contributed by atoms with Crippen LogP contribution in [0, 0.1) is 6.92 Å². The Kier molecular flexibility index (Phi) is 7.29. The molecule has 0 bridgehead atoms. The molecule has 0 unspecified atom stereocenters. The third kappa shape index (κ3) is 6.86. The van der Waals surface area contributed by atoms with Crippen molar-refractivity contribution >= 4 is 27.3 Å². The van der Waals surface area contributed by atoms with Crippen molar-refractivity contribution in [1.29, 1.82) is 0 Å². The van der Waals surface area contributed by atoms with Gasteiger partial charge in [-0.05, 0) is 48.9 Å². The Morgan fingerprint density at radius 1 is 1.06 bits per heavy atom. The van der Waals surface area contributed by atoms with E-state index in [-0.39, 0.29) is 24.5 Å². The Labute approximate surface area is 184 Å². The van der Waals surface area contributed by atoms with Crippen LogP contribution in [0.4, 0.5) is 24.5 Å². The van der Waals surface area contributed by atoms with E-state index in [0.29, 0.717) is 13.1 Å². The van der Waals surface area contributed by atoms with E-state index in [1.165, 1.54) is 28.6 Å². The molecule has 174 valence electrons. The van der Waals surface area contributed by atoms with Crippen molar-refractivity contribution < 1.29 is 31.1 Å². The van der Waals surface area contributed by atoms with Crippen molar-refractivity contribution in [1.82, 2.24) is 4.31 Å². The second-order valence-electron chi connectivity index (χ2n) is 7.46. The highest BCUT2D eigenvalue weighted by Gasteiger charge is 2.30. The van der Waals surface area contributed by atoms with Crippen molar-refractivity contribution in [3.63, 3.8) is 0 Å². The van der Waals surface area contributed by atoms with Gasteiger partial charge >= 0.3 is 6.18 Å². The SMILES string of the molecule is Cc1cccc(N2CCN(S(=O)(=O)CC(=O)Nc3ccc(OCC(F)(F)F)cc3)CC2)c1. The largest absolute Gasteiger partial charge is 0.484 e. The van der Waals surface area contributed by atoms with Crippen LogP contribution in [0.1, 0.15) is 5.56 Å². The monoisotopic (exact) mass is 471 g/mol. The van der Waals surface area contributed by atoms with Crippen molar-refractivity contribution in [2.75, 3.05) is 48.8 Å². The number of nitrogens with one attached hydrogen (secondary N) is 1. The van der Waals surface area contributed by atoms with E-state index in [9.17, 15) is 26.4 Å². The van der Waals surface area contributed by atoms with E-state index < -0.39 is 34.5 Å². The number of aryl methyl sites for hydroxylation is 1. The summed E-state index contributed by atoms with van der Waals surface area (Å²) in [5, 5.41) is 2.44. The number of piperazine rings is 1. The third-order valence-corrected chi connectivity index (χ3v) is 6.63. The molecule has 1 amide bonds. The van der Waals surface area contributed by atoms with Gasteiger partial charge in [-0.3, -0.25) is 4.79 Å². The minimum Gasteiger partial charge on any atom is -0.484 e. The second kappa shape index (κ2) is 9.78. The summed E-state index contributed by atoms with van der Waals surface area (Å²) in [5.74, 6) is -1.46. The number of hydrogen-bond acceptors (Lipinski definition) is 5. The predicted octanol–water partition coefficient (Wildman–Crippen LogP) is 3.03. The molecule has 0 saturated carbocycles. The number of carbonyl (C=O) groups is 1. The molecule has 3 rings (SSSR count). The Morgan fingerprint density at radius 2 is 1.72 bits per heavy atom. The zero-order valence-corrected chi connectivity index (χ0v) is 18.2. The molecular weight excluding hydrogens is 447 g/mol. The predicted molar refractivity (Wildman–Crippen MR) is 115 cm³/mol. The number of halogens is 3. The van der Waals surface area contributed by atoms with Gasteiger partial charge in [0.25, 0.3) is 0 Å². The maximum atomic E-state index is 12.6. The molecular formula is C21H24F3N3O4S. The van der Waals surface area contributed by atoms with E-state index in [0.717, 1.165) is 11.3 Å². The van der Waals surface area contributed by atoms with Crippen LogP contribution in [-0.2, 0) is 14.8 Å². The van der Waals surface area contributed by atoms with Crippen LogP contribution in [0.25, 0.3) is 0 Å². The Hall–Kier alpha value is -2.79. The zero-order valence-electron chi connectivity index (χ0n) is 17.4. The zero-order chi connectivity index (χ0) is 23.4. The second-order valence-corrected chi connectivity index (χ2v) is 9.43. The lowest BCUT2D eigenvalue weighted by Crippen LogP contribution is -2.50. The summed E-state index contributed by atoms with van der Waals surface area (Å²) >= 11 is 0. The summed E-state index contributed by atoms with van der Waals surface area (Å²) in [4.78, 5) is 14.3. The van der Waals surface area contributed by atoms with Gasteiger partial charge in [0.15, 0.2) is 6.61 Å². The fourth-order valence-electron chi connectivity index (χ4n) is 3.30. The molecule has 0 aromatic heterocycles. The number of ether oxygens (including phenoxy) is 1. The number of rotatable bonds is 7. The summed E-state index contributed by atoms with van der Waals surface area (Å²) in [6.45, 7) is 2.15. The first kappa shape index (κ1) is 23.9. The first-order chi connectivity index (χ1) is 15.0. The van der Waals surface area contributed by atoms with E-state index >= 15 is 0 Å². The van der Waals surface area contributed by atoms with E-state index in [1.807, 2.05) is 31.2 Å². The molecule has 0 spiro atoms. The number of sulfonamides is 1. The number of benzene rings is 2. The molecule has 2 aromatic carbocycles. The minimum atomic E-state index is -4.45.